The van der Waals surface area contributed by atoms with Crippen LogP contribution in [0.25, 0.3) is 0 Å². The monoisotopic (exact) mass is 340 g/mol. The minimum absolute atomic E-state index is 0.287. The summed E-state index contributed by atoms with van der Waals surface area (Å²) in [6.45, 7) is 4.05. The zero-order valence-electron chi connectivity index (χ0n) is 10.5. The number of rotatable bonds is 3. The van der Waals surface area contributed by atoms with Gasteiger partial charge in [-0.2, -0.15) is 0 Å². The standard InChI is InChI=1S/C12H13BrN4OS/c1-6(2)11-16-17-12(19-11)15-10(18)8-5-7(13)3-4-9(8)14/h3-6H,14H2,1-2H3,(H,15,17,18). The second-order valence-corrected chi connectivity index (χ2v) is 6.21. The lowest BCUT2D eigenvalue weighted by Crippen LogP contribution is -2.13. The van der Waals surface area contributed by atoms with Gasteiger partial charge >= 0.3 is 0 Å². The zero-order chi connectivity index (χ0) is 14.0. The number of nitrogens with one attached hydrogen (secondary N) is 1. The number of benzene rings is 1. The van der Waals surface area contributed by atoms with Gasteiger partial charge in [0.25, 0.3) is 5.91 Å². The van der Waals surface area contributed by atoms with E-state index in [-0.39, 0.29) is 5.91 Å². The van der Waals surface area contributed by atoms with E-state index >= 15 is 0 Å². The molecule has 0 atom stereocenters. The lowest BCUT2D eigenvalue weighted by Gasteiger charge is -2.05. The van der Waals surface area contributed by atoms with Crippen molar-refractivity contribution in [1.82, 2.24) is 10.2 Å². The Labute approximate surface area is 123 Å². The maximum atomic E-state index is 12.1. The molecule has 0 unspecified atom stereocenters. The number of hydrogen-bond donors (Lipinski definition) is 2. The molecule has 100 valence electrons. The Bertz CT molecular complexity index is 612. The predicted molar refractivity (Wildman–Crippen MR) is 80.5 cm³/mol. The summed E-state index contributed by atoms with van der Waals surface area (Å²) in [4.78, 5) is 12.1. The maximum absolute atomic E-state index is 12.1. The summed E-state index contributed by atoms with van der Waals surface area (Å²) in [6, 6.07) is 5.14. The number of aromatic nitrogens is 2. The number of halogens is 1. The van der Waals surface area contributed by atoms with Crippen molar-refractivity contribution in [2.24, 2.45) is 0 Å². The first kappa shape index (κ1) is 14.0. The molecular weight excluding hydrogens is 328 g/mol. The van der Waals surface area contributed by atoms with Crippen LogP contribution in [0.5, 0.6) is 0 Å². The van der Waals surface area contributed by atoms with Crippen LogP contribution in [0.2, 0.25) is 0 Å². The van der Waals surface area contributed by atoms with Gasteiger partial charge in [0.15, 0.2) is 0 Å². The zero-order valence-corrected chi connectivity index (χ0v) is 12.9. The van der Waals surface area contributed by atoms with Crippen LogP contribution in [0.3, 0.4) is 0 Å². The highest BCUT2D eigenvalue weighted by Crippen LogP contribution is 2.24. The van der Waals surface area contributed by atoms with Crippen LogP contribution in [0.15, 0.2) is 22.7 Å². The number of anilines is 2. The molecule has 1 heterocycles. The minimum atomic E-state index is -0.287. The molecule has 3 N–H and O–H groups in total. The molecule has 5 nitrogen and oxygen atoms in total. The molecule has 1 amide bonds. The van der Waals surface area contributed by atoms with Crippen molar-refractivity contribution < 1.29 is 4.79 Å². The number of amides is 1. The molecular formula is C12H13BrN4OS. The summed E-state index contributed by atoms with van der Waals surface area (Å²) in [6.07, 6.45) is 0. The summed E-state index contributed by atoms with van der Waals surface area (Å²) in [5.74, 6) is 0.00403. The fourth-order valence-corrected chi connectivity index (χ4v) is 2.51. The number of nitrogens with zero attached hydrogens (tertiary/aromatic N) is 2. The Hall–Kier alpha value is -1.47. The van der Waals surface area contributed by atoms with Crippen LogP contribution in [-0.2, 0) is 0 Å². The SMILES string of the molecule is CC(C)c1nnc(NC(=O)c2cc(Br)ccc2N)s1. The number of nitrogens with two attached hydrogens (primary N) is 1. The summed E-state index contributed by atoms with van der Waals surface area (Å²) in [5, 5.41) is 12.0. The first-order valence-corrected chi connectivity index (χ1v) is 7.28. The van der Waals surface area contributed by atoms with Crippen LogP contribution in [-0.4, -0.2) is 16.1 Å². The molecule has 1 aromatic carbocycles. The Morgan fingerprint density at radius 1 is 1.42 bits per heavy atom. The van der Waals surface area contributed by atoms with Crippen LogP contribution < -0.4 is 11.1 Å². The van der Waals surface area contributed by atoms with Gasteiger partial charge in [-0.1, -0.05) is 41.1 Å². The van der Waals surface area contributed by atoms with Gasteiger partial charge in [0.05, 0.1) is 5.56 Å². The molecule has 7 heteroatoms. The van der Waals surface area contributed by atoms with Gasteiger partial charge < -0.3 is 5.73 Å². The minimum Gasteiger partial charge on any atom is -0.398 e. The van der Waals surface area contributed by atoms with Crippen molar-refractivity contribution in [3.63, 3.8) is 0 Å². The van der Waals surface area contributed by atoms with Gasteiger partial charge in [0.1, 0.15) is 5.01 Å². The van der Waals surface area contributed by atoms with E-state index in [9.17, 15) is 4.79 Å². The molecule has 0 bridgehead atoms. The largest absolute Gasteiger partial charge is 0.398 e. The topological polar surface area (TPSA) is 80.9 Å². The van der Waals surface area contributed by atoms with Crippen LogP contribution in [0.4, 0.5) is 10.8 Å². The molecule has 0 saturated carbocycles. The third kappa shape index (κ3) is 3.30. The van der Waals surface area contributed by atoms with E-state index in [1.165, 1.54) is 11.3 Å². The number of carbonyl (C=O) groups is 1. The van der Waals surface area contributed by atoms with Gasteiger partial charge in [-0.25, -0.2) is 0 Å². The highest BCUT2D eigenvalue weighted by atomic mass is 79.9. The van der Waals surface area contributed by atoms with Crippen molar-refractivity contribution in [1.29, 1.82) is 0 Å². The molecule has 1 aromatic heterocycles. The average molecular weight is 341 g/mol. The summed E-state index contributed by atoms with van der Waals surface area (Å²) in [7, 11) is 0. The normalized spacial score (nSPS) is 10.7. The Kier molecular flexibility index (Phi) is 4.16. The molecule has 2 rings (SSSR count). The summed E-state index contributed by atoms with van der Waals surface area (Å²) >= 11 is 4.68. The molecule has 19 heavy (non-hydrogen) atoms. The second kappa shape index (κ2) is 5.66. The predicted octanol–water partition coefficient (Wildman–Crippen LogP) is 3.26. The lowest BCUT2D eigenvalue weighted by atomic mass is 10.2. The van der Waals surface area contributed by atoms with Crippen molar-refractivity contribution >= 4 is 44.0 Å². The fraction of sp³-hybridized carbons (Fsp3) is 0.250. The molecule has 2 aromatic rings. The quantitative estimate of drug-likeness (QED) is 0.840. The Balaban J connectivity index is 2.18. The highest BCUT2D eigenvalue weighted by molar-refractivity contribution is 9.10. The number of nitrogen functional groups attached to an aromatic ring is 1. The van der Waals surface area contributed by atoms with Crippen molar-refractivity contribution in [2.45, 2.75) is 19.8 Å². The lowest BCUT2D eigenvalue weighted by molar-refractivity contribution is 0.102. The van der Waals surface area contributed by atoms with Gasteiger partial charge in [-0.15, -0.1) is 10.2 Å². The maximum Gasteiger partial charge on any atom is 0.259 e. The van der Waals surface area contributed by atoms with E-state index in [4.69, 9.17) is 5.73 Å². The summed E-state index contributed by atoms with van der Waals surface area (Å²) < 4.78 is 0.798. The van der Waals surface area contributed by atoms with Gasteiger partial charge in [0, 0.05) is 16.1 Å². The van der Waals surface area contributed by atoms with Crippen molar-refractivity contribution in [3.05, 3.63) is 33.2 Å². The molecule has 0 spiro atoms. The molecule has 0 saturated heterocycles. The smallest absolute Gasteiger partial charge is 0.259 e. The van der Waals surface area contributed by atoms with E-state index in [0.717, 1.165) is 9.48 Å². The van der Waals surface area contributed by atoms with Crippen LogP contribution >= 0.6 is 27.3 Å². The Morgan fingerprint density at radius 3 is 2.79 bits per heavy atom. The summed E-state index contributed by atoms with van der Waals surface area (Å²) in [5.41, 5.74) is 6.62. The van der Waals surface area contributed by atoms with Crippen LogP contribution in [0.1, 0.15) is 35.1 Å². The van der Waals surface area contributed by atoms with Gasteiger partial charge in [-0.3, -0.25) is 10.1 Å². The van der Waals surface area contributed by atoms with Gasteiger partial charge in [-0.05, 0) is 18.2 Å². The van der Waals surface area contributed by atoms with Crippen LogP contribution in [0, 0.1) is 0 Å². The van der Waals surface area contributed by atoms with E-state index in [1.807, 2.05) is 13.8 Å². The van der Waals surface area contributed by atoms with E-state index < -0.39 is 0 Å². The highest BCUT2D eigenvalue weighted by Gasteiger charge is 2.14. The molecule has 0 aliphatic rings. The number of hydrogen-bond acceptors (Lipinski definition) is 5. The average Bonchev–Trinajstić information content (AvgIpc) is 2.80. The molecule has 0 aliphatic heterocycles. The van der Waals surface area contributed by atoms with E-state index in [0.29, 0.717) is 22.3 Å². The third-order valence-corrected chi connectivity index (χ3v) is 4.05. The Morgan fingerprint density at radius 2 is 2.16 bits per heavy atom. The molecule has 0 fully saturated rings. The third-order valence-electron chi connectivity index (χ3n) is 2.41. The van der Waals surface area contributed by atoms with Crippen molar-refractivity contribution in [2.75, 3.05) is 11.1 Å². The first-order valence-electron chi connectivity index (χ1n) is 5.67. The second-order valence-electron chi connectivity index (χ2n) is 4.29. The fourth-order valence-electron chi connectivity index (χ4n) is 1.41. The molecule has 0 radical (unpaired) electrons. The number of carbonyl (C=O) groups excluding carboxylic acids is 1. The van der Waals surface area contributed by atoms with Gasteiger partial charge in [0.2, 0.25) is 5.13 Å². The first-order chi connectivity index (χ1) is 8.97. The van der Waals surface area contributed by atoms with Crippen molar-refractivity contribution in [3.8, 4) is 0 Å². The van der Waals surface area contributed by atoms with E-state index in [2.05, 4.69) is 31.4 Å². The van der Waals surface area contributed by atoms with E-state index in [1.54, 1.807) is 18.2 Å². The molecule has 0 aliphatic carbocycles.